The Morgan fingerprint density at radius 3 is 2.67 bits per heavy atom. The lowest BCUT2D eigenvalue weighted by Crippen LogP contribution is -2.41. The van der Waals surface area contributed by atoms with E-state index in [4.69, 9.17) is 4.74 Å². The molecular weight excluding hydrogens is 186 g/mol. The number of hydrogen-bond acceptors (Lipinski definition) is 2. The van der Waals surface area contributed by atoms with Gasteiger partial charge in [0, 0.05) is 13.1 Å². The third-order valence-corrected chi connectivity index (χ3v) is 2.98. The van der Waals surface area contributed by atoms with Gasteiger partial charge in [-0.05, 0) is 19.0 Å². The first-order valence-electron chi connectivity index (χ1n) is 5.68. The van der Waals surface area contributed by atoms with Crippen LogP contribution in [0.1, 0.15) is 25.0 Å². The Labute approximate surface area is 91.9 Å². The van der Waals surface area contributed by atoms with Crippen molar-refractivity contribution in [2.45, 2.75) is 25.6 Å². The maximum Gasteiger partial charge on any atom is 0.0956 e. The van der Waals surface area contributed by atoms with Gasteiger partial charge in [0.05, 0.1) is 12.2 Å². The molecule has 0 N–H and O–H groups in total. The molecule has 1 aliphatic rings. The normalized spacial score (nSPS) is 27.9. The molecule has 0 saturated carbocycles. The fraction of sp³-hybridized carbons (Fsp3) is 0.538. The Bertz CT molecular complexity index is 299. The summed E-state index contributed by atoms with van der Waals surface area (Å²) in [6.45, 7) is 4.24. The van der Waals surface area contributed by atoms with Crippen LogP contribution in [0.4, 0.5) is 0 Å². The number of morpholine rings is 1. The molecule has 0 aromatic heterocycles. The van der Waals surface area contributed by atoms with Crippen LogP contribution in [0.2, 0.25) is 0 Å². The van der Waals surface area contributed by atoms with Crippen LogP contribution in [0.25, 0.3) is 0 Å². The number of rotatable bonds is 2. The highest BCUT2D eigenvalue weighted by Crippen LogP contribution is 2.25. The molecule has 0 amide bonds. The summed E-state index contributed by atoms with van der Waals surface area (Å²) in [7, 11) is 2.17. The van der Waals surface area contributed by atoms with Crippen molar-refractivity contribution in [2.75, 3.05) is 20.1 Å². The van der Waals surface area contributed by atoms with Gasteiger partial charge in [0.2, 0.25) is 0 Å². The van der Waals surface area contributed by atoms with E-state index in [-0.39, 0.29) is 6.10 Å². The van der Waals surface area contributed by atoms with Gasteiger partial charge in [-0.25, -0.2) is 0 Å². The molecule has 1 aromatic rings. The highest BCUT2D eigenvalue weighted by molar-refractivity contribution is 5.18. The highest BCUT2D eigenvalue weighted by atomic mass is 16.5. The van der Waals surface area contributed by atoms with Gasteiger partial charge in [-0.3, -0.25) is 0 Å². The van der Waals surface area contributed by atoms with Crippen LogP contribution in [0.15, 0.2) is 30.3 Å². The molecule has 0 spiro atoms. The van der Waals surface area contributed by atoms with Gasteiger partial charge in [-0.1, -0.05) is 37.3 Å². The van der Waals surface area contributed by atoms with Crippen molar-refractivity contribution in [3.63, 3.8) is 0 Å². The molecule has 2 nitrogen and oxygen atoms in total. The molecule has 1 aliphatic heterocycles. The first-order chi connectivity index (χ1) is 7.29. The Kier molecular flexibility index (Phi) is 3.39. The number of hydrogen-bond donors (Lipinski definition) is 0. The second-order valence-corrected chi connectivity index (χ2v) is 4.29. The third-order valence-electron chi connectivity index (χ3n) is 2.98. The molecule has 2 unspecified atom stereocenters. The van der Waals surface area contributed by atoms with E-state index in [0.29, 0.717) is 6.10 Å². The fourth-order valence-electron chi connectivity index (χ4n) is 2.10. The van der Waals surface area contributed by atoms with Crippen molar-refractivity contribution < 1.29 is 4.74 Å². The van der Waals surface area contributed by atoms with Crippen LogP contribution in [0.3, 0.4) is 0 Å². The third kappa shape index (κ3) is 2.58. The molecule has 0 bridgehead atoms. The maximum absolute atomic E-state index is 6.05. The molecular formula is C13H19NO. The van der Waals surface area contributed by atoms with Crippen LogP contribution >= 0.6 is 0 Å². The van der Waals surface area contributed by atoms with Gasteiger partial charge in [0.25, 0.3) is 0 Å². The number of nitrogens with zero attached hydrogens (tertiary/aromatic N) is 1. The largest absolute Gasteiger partial charge is 0.368 e. The average Bonchev–Trinajstić information content (AvgIpc) is 2.29. The van der Waals surface area contributed by atoms with Crippen molar-refractivity contribution in [2.24, 2.45) is 0 Å². The van der Waals surface area contributed by atoms with E-state index in [1.54, 1.807) is 0 Å². The first-order valence-corrected chi connectivity index (χ1v) is 5.68. The lowest BCUT2D eigenvalue weighted by molar-refractivity contribution is -0.0813. The zero-order valence-electron chi connectivity index (χ0n) is 9.52. The Morgan fingerprint density at radius 1 is 1.27 bits per heavy atom. The lowest BCUT2D eigenvalue weighted by atomic mass is 10.1. The SMILES string of the molecule is CCC1CN(C)CC(c2ccccc2)O1. The van der Waals surface area contributed by atoms with Gasteiger partial charge in [0.1, 0.15) is 0 Å². The summed E-state index contributed by atoms with van der Waals surface area (Å²) in [6, 6.07) is 10.5. The lowest BCUT2D eigenvalue weighted by Gasteiger charge is -2.36. The van der Waals surface area contributed by atoms with Crippen LogP contribution in [0, 0.1) is 0 Å². The van der Waals surface area contributed by atoms with Gasteiger partial charge in [0.15, 0.2) is 0 Å². The molecule has 1 fully saturated rings. The van der Waals surface area contributed by atoms with Crippen molar-refractivity contribution in [3.8, 4) is 0 Å². The predicted molar refractivity (Wildman–Crippen MR) is 61.8 cm³/mol. The monoisotopic (exact) mass is 205 g/mol. The van der Waals surface area contributed by atoms with Gasteiger partial charge in [-0.2, -0.15) is 0 Å². The molecule has 0 radical (unpaired) electrons. The molecule has 2 atom stereocenters. The van der Waals surface area contributed by atoms with Crippen molar-refractivity contribution in [1.29, 1.82) is 0 Å². The van der Waals surface area contributed by atoms with Crippen molar-refractivity contribution in [3.05, 3.63) is 35.9 Å². The summed E-state index contributed by atoms with van der Waals surface area (Å²) < 4.78 is 6.05. The average molecular weight is 205 g/mol. The van der Waals surface area contributed by atoms with E-state index >= 15 is 0 Å². The van der Waals surface area contributed by atoms with Gasteiger partial charge < -0.3 is 9.64 Å². The van der Waals surface area contributed by atoms with E-state index in [0.717, 1.165) is 19.5 Å². The smallest absolute Gasteiger partial charge is 0.0956 e. The molecule has 2 heteroatoms. The minimum absolute atomic E-state index is 0.245. The van der Waals surface area contributed by atoms with Crippen molar-refractivity contribution >= 4 is 0 Å². The van der Waals surface area contributed by atoms with Crippen LogP contribution < -0.4 is 0 Å². The summed E-state index contributed by atoms with van der Waals surface area (Å²) in [6.07, 6.45) is 1.72. The minimum atomic E-state index is 0.245. The van der Waals surface area contributed by atoms with Crippen molar-refractivity contribution in [1.82, 2.24) is 4.90 Å². The number of ether oxygens (including phenoxy) is 1. The summed E-state index contributed by atoms with van der Waals surface area (Å²) in [4.78, 5) is 2.36. The Balaban J connectivity index is 2.09. The van der Waals surface area contributed by atoms with Crippen LogP contribution in [-0.4, -0.2) is 31.1 Å². The molecule has 15 heavy (non-hydrogen) atoms. The summed E-state index contributed by atoms with van der Waals surface area (Å²) in [5, 5.41) is 0. The van der Waals surface area contributed by atoms with Crippen LogP contribution in [0.5, 0.6) is 0 Å². The fourth-order valence-corrected chi connectivity index (χ4v) is 2.10. The number of likely N-dealkylation sites (N-methyl/N-ethyl adjacent to an activating group) is 1. The van der Waals surface area contributed by atoms with Gasteiger partial charge in [-0.15, -0.1) is 0 Å². The summed E-state index contributed by atoms with van der Waals surface area (Å²) in [5.41, 5.74) is 1.29. The highest BCUT2D eigenvalue weighted by Gasteiger charge is 2.25. The second-order valence-electron chi connectivity index (χ2n) is 4.29. The topological polar surface area (TPSA) is 12.5 Å². The van der Waals surface area contributed by atoms with Gasteiger partial charge >= 0.3 is 0 Å². The summed E-state index contributed by atoms with van der Waals surface area (Å²) in [5.74, 6) is 0. The molecule has 1 saturated heterocycles. The van der Waals surface area contributed by atoms with Crippen LogP contribution in [-0.2, 0) is 4.74 Å². The van der Waals surface area contributed by atoms with E-state index in [1.165, 1.54) is 5.56 Å². The van der Waals surface area contributed by atoms with E-state index in [2.05, 4.69) is 43.1 Å². The van der Waals surface area contributed by atoms with E-state index < -0.39 is 0 Å². The zero-order valence-corrected chi connectivity index (χ0v) is 9.52. The quantitative estimate of drug-likeness (QED) is 0.735. The molecule has 2 rings (SSSR count). The molecule has 0 aliphatic carbocycles. The zero-order chi connectivity index (χ0) is 10.7. The second kappa shape index (κ2) is 4.77. The Morgan fingerprint density at radius 2 is 2.00 bits per heavy atom. The molecule has 1 aromatic carbocycles. The van der Waals surface area contributed by atoms with E-state index in [9.17, 15) is 0 Å². The van der Waals surface area contributed by atoms with E-state index in [1.807, 2.05) is 6.07 Å². The summed E-state index contributed by atoms with van der Waals surface area (Å²) >= 11 is 0. The Hall–Kier alpha value is -0.860. The first kappa shape index (κ1) is 10.7. The standard InChI is InChI=1S/C13H19NO/c1-3-12-9-14(2)10-13(15-12)11-7-5-4-6-8-11/h4-8,12-13H,3,9-10H2,1-2H3. The molecule has 1 heterocycles. The molecule has 82 valence electrons. The number of benzene rings is 1. The minimum Gasteiger partial charge on any atom is -0.368 e. The maximum atomic E-state index is 6.05. The predicted octanol–water partition coefficient (Wildman–Crippen LogP) is 2.47.